The van der Waals surface area contributed by atoms with Gasteiger partial charge in [0.15, 0.2) is 5.83 Å². The van der Waals surface area contributed by atoms with Gasteiger partial charge in [-0.2, -0.15) is 0 Å². The van der Waals surface area contributed by atoms with Crippen LogP contribution in [0.3, 0.4) is 0 Å². The third-order valence-corrected chi connectivity index (χ3v) is 6.48. The molecule has 3 atom stereocenters. The molecule has 8 heteroatoms. The first-order chi connectivity index (χ1) is 12.6. The molecule has 3 aliphatic rings. The monoisotopic (exact) mass is 397 g/mol. The van der Waals surface area contributed by atoms with Crippen LogP contribution in [0.25, 0.3) is 0 Å². The zero-order valence-corrected chi connectivity index (χ0v) is 16.0. The molecule has 0 spiro atoms. The molecule has 2 heterocycles. The van der Waals surface area contributed by atoms with Crippen LogP contribution in [0.2, 0.25) is 0 Å². The molecule has 2 amide bonds. The van der Waals surface area contributed by atoms with E-state index in [1.54, 1.807) is 18.7 Å². The Morgan fingerprint density at radius 2 is 2.11 bits per heavy atom. The number of carbonyl (C=O) groups is 2. The molecule has 3 N–H and O–H groups in total. The molecule has 0 aromatic rings. The summed E-state index contributed by atoms with van der Waals surface area (Å²) in [4.78, 5) is 25.4. The van der Waals surface area contributed by atoms with Gasteiger partial charge in [0.25, 0.3) is 5.91 Å². The Hall–Kier alpha value is -2.15. The molecule has 146 valence electrons. The number of fused-ring (bicyclic) bond motifs is 1. The number of nitrogens with two attached hydrogens (primary N) is 1. The molecule has 0 aromatic heterocycles. The smallest absolute Gasteiger partial charge is 0.253 e. The minimum atomic E-state index is -1.35. The fourth-order valence-corrected chi connectivity index (χ4v) is 4.87. The highest BCUT2D eigenvalue weighted by molar-refractivity contribution is 6.31. The van der Waals surface area contributed by atoms with E-state index in [9.17, 15) is 14.0 Å². The largest absolute Gasteiger partial charge is 0.365 e. The number of halogens is 3. The van der Waals surface area contributed by atoms with Gasteiger partial charge in [-0.05, 0) is 31.8 Å². The minimum Gasteiger partial charge on any atom is -0.365 e. The third-order valence-electron chi connectivity index (χ3n) is 5.98. The molecule has 5 nitrogen and oxygen atoms in total. The van der Waals surface area contributed by atoms with Gasteiger partial charge in [-0.15, -0.1) is 0 Å². The van der Waals surface area contributed by atoms with E-state index in [0.717, 1.165) is 0 Å². The highest BCUT2D eigenvalue weighted by atomic mass is 35.5. The number of hydrogen-bond donors (Lipinski definition) is 2. The summed E-state index contributed by atoms with van der Waals surface area (Å²) in [6.07, 6.45) is 2.46. The predicted molar refractivity (Wildman–Crippen MR) is 98.2 cm³/mol. The van der Waals surface area contributed by atoms with Crippen LogP contribution >= 0.6 is 11.6 Å². The Balaban J connectivity index is 2.12. The van der Waals surface area contributed by atoms with Crippen LogP contribution in [0.1, 0.15) is 26.7 Å². The molecular weight excluding hydrogens is 376 g/mol. The Kier molecular flexibility index (Phi) is 4.93. The van der Waals surface area contributed by atoms with Crippen LogP contribution in [0.5, 0.6) is 0 Å². The quantitative estimate of drug-likeness (QED) is 0.719. The van der Waals surface area contributed by atoms with Crippen molar-refractivity contribution in [2.75, 3.05) is 13.1 Å². The number of rotatable bonds is 3. The lowest BCUT2D eigenvalue weighted by Gasteiger charge is -2.47. The first-order valence-corrected chi connectivity index (χ1v) is 9.17. The minimum absolute atomic E-state index is 0.193. The number of allylic oxidation sites excluding steroid dienone is 3. The topological polar surface area (TPSA) is 75.4 Å². The second kappa shape index (κ2) is 6.78. The zero-order chi connectivity index (χ0) is 20.1. The molecule has 1 fully saturated rings. The van der Waals surface area contributed by atoms with Crippen LogP contribution in [0.4, 0.5) is 8.78 Å². The summed E-state index contributed by atoms with van der Waals surface area (Å²) in [6, 6.07) is 0. The molecule has 0 radical (unpaired) electrons. The van der Waals surface area contributed by atoms with Crippen molar-refractivity contribution in [1.29, 1.82) is 0 Å². The maximum Gasteiger partial charge on any atom is 0.253 e. The predicted octanol–water partition coefficient (Wildman–Crippen LogP) is 3.01. The average molecular weight is 398 g/mol. The van der Waals surface area contributed by atoms with Gasteiger partial charge in [0.2, 0.25) is 5.91 Å². The molecule has 2 aliphatic heterocycles. The maximum atomic E-state index is 15.4. The number of primary amides is 1. The van der Waals surface area contributed by atoms with Gasteiger partial charge < -0.3 is 16.0 Å². The van der Waals surface area contributed by atoms with Gasteiger partial charge in [0.1, 0.15) is 5.83 Å². The molecule has 2 unspecified atom stereocenters. The molecule has 0 saturated carbocycles. The van der Waals surface area contributed by atoms with Crippen LogP contribution in [-0.2, 0) is 9.59 Å². The number of carbonyl (C=O) groups excluding carboxylic acids is 2. The van der Waals surface area contributed by atoms with E-state index in [1.165, 1.54) is 6.08 Å². The van der Waals surface area contributed by atoms with Gasteiger partial charge >= 0.3 is 0 Å². The van der Waals surface area contributed by atoms with Crippen LogP contribution in [-0.4, -0.2) is 29.8 Å². The van der Waals surface area contributed by atoms with Gasteiger partial charge in [-0.1, -0.05) is 25.1 Å². The van der Waals surface area contributed by atoms with E-state index in [1.807, 2.05) is 0 Å². The van der Waals surface area contributed by atoms with E-state index in [-0.39, 0.29) is 18.1 Å². The Labute approximate surface area is 161 Å². The summed E-state index contributed by atoms with van der Waals surface area (Å²) in [5.41, 5.74) is 4.18. The van der Waals surface area contributed by atoms with E-state index in [0.29, 0.717) is 30.1 Å². The van der Waals surface area contributed by atoms with Crippen LogP contribution < -0.4 is 11.1 Å². The first-order valence-electron chi connectivity index (χ1n) is 8.79. The summed E-state index contributed by atoms with van der Waals surface area (Å²) < 4.78 is 30.3. The highest BCUT2D eigenvalue weighted by Gasteiger charge is 2.56. The number of nitrogens with zero attached hydrogens (tertiary/aromatic N) is 1. The molecule has 0 aromatic carbocycles. The van der Waals surface area contributed by atoms with Gasteiger partial charge in [-0.3, -0.25) is 9.59 Å². The summed E-state index contributed by atoms with van der Waals surface area (Å²) in [5.74, 6) is -4.75. The average Bonchev–Trinajstić information content (AvgIpc) is 2.93. The molecular formula is C19H22ClF2N3O2. The van der Waals surface area contributed by atoms with Crippen molar-refractivity contribution < 1.29 is 18.4 Å². The fourth-order valence-electron chi connectivity index (χ4n) is 4.49. The van der Waals surface area contributed by atoms with Crippen LogP contribution in [0, 0.1) is 17.3 Å². The molecule has 27 heavy (non-hydrogen) atoms. The molecule has 1 saturated heterocycles. The number of amides is 2. The van der Waals surface area contributed by atoms with Gasteiger partial charge in [0.05, 0.1) is 5.57 Å². The van der Waals surface area contributed by atoms with Gasteiger partial charge in [-0.25, -0.2) is 8.78 Å². The Morgan fingerprint density at radius 1 is 1.44 bits per heavy atom. The third kappa shape index (κ3) is 2.79. The highest BCUT2D eigenvalue weighted by Crippen LogP contribution is 2.59. The van der Waals surface area contributed by atoms with Gasteiger partial charge in [0, 0.05) is 40.8 Å². The molecule has 3 rings (SSSR count). The van der Waals surface area contributed by atoms with Crippen molar-refractivity contribution in [3.63, 3.8) is 0 Å². The summed E-state index contributed by atoms with van der Waals surface area (Å²) >= 11 is 6.47. The second-order valence-electron chi connectivity index (χ2n) is 7.42. The van der Waals surface area contributed by atoms with Crippen molar-refractivity contribution in [2.24, 2.45) is 23.0 Å². The van der Waals surface area contributed by atoms with Crippen molar-refractivity contribution in [3.8, 4) is 0 Å². The molecule has 1 aliphatic carbocycles. The Bertz CT molecular complexity index is 833. The van der Waals surface area contributed by atoms with Crippen molar-refractivity contribution in [1.82, 2.24) is 10.2 Å². The number of nitrogens with one attached hydrogen (secondary N) is 1. The summed E-state index contributed by atoms with van der Waals surface area (Å²) in [7, 11) is 0. The number of piperidine rings is 1. The lowest BCUT2D eigenvalue weighted by atomic mass is 9.61. The zero-order valence-electron chi connectivity index (χ0n) is 15.2. The number of likely N-dealkylation sites (tertiary alicyclic amines) is 1. The lowest BCUT2D eigenvalue weighted by molar-refractivity contribution is -0.128. The van der Waals surface area contributed by atoms with Crippen molar-refractivity contribution >= 4 is 23.4 Å². The first kappa shape index (κ1) is 19.6. The van der Waals surface area contributed by atoms with Crippen LogP contribution in [0.15, 0.2) is 46.3 Å². The normalized spacial score (nSPS) is 31.1. The van der Waals surface area contributed by atoms with E-state index >= 15 is 4.39 Å². The second-order valence-corrected chi connectivity index (χ2v) is 7.83. The summed E-state index contributed by atoms with van der Waals surface area (Å²) in [6.45, 7) is 7.55. The summed E-state index contributed by atoms with van der Waals surface area (Å²) in [5, 5.41) is 3.24. The van der Waals surface area contributed by atoms with Crippen molar-refractivity contribution in [3.05, 3.63) is 46.3 Å². The SMILES string of the molecule is C=CC(=O)N1CCC[C@@H](C2(C)C(F)=C(F)C(C(N)=O)=C3NC(C)=C(Cl)C32)C1. The standard InChI is InChI=1S/C19H22ClF2N3O2/c1-4-11(26)25-7-5-6-10(8-25)19(3)13-14(20)9(2)24-16(13)12(18(23)27)15(21)17(19)22/h4,10,13,24H,1,5-8H2,2-3H3,(H2,23,27)/t10-,13?,19?/m1/s1. The maximum absolute atomic E-state index is 15.4. The van der Waals surface area contributed by atoms with Crippen molar-refractivity contribution in [2.45, 2.75) is 26.7 Å². The van der Waals surface area contributed by atoms with E-state index in [4.69, 9.17) is 17.3 Å². The Morgan fingerprint density at radius 3 is 2.70 bits per heavy atom. The van der Waals surface area contributed by atoms with E-state index < -0.39 is 40.4 Å². The fraction of sp³-hybridized carbons (Fsp3) is 0.474. The number of hydrogen-bond acceptors (Lipinski definition) is 3. The van der Waals surface area contributed by atoms with E-state index in [2.05, 4.69) is 11.9 Å². The lowest BCUT2D eigenvalue weighted by Crippen LogP contribution is -2.49. The molecule has 0 bridgehead atoms.